The molecule has 1 saturated carbocycles. The fourth-order valence-electron chi connectivity index (χ4n) is 3.46. The van der Waals surface area contributed by atoms with Gasteiger partial charge in [-0.05, 0) is 50.3 Å². The minimum absolute atomic E-state index is 0.00774. The second-order valence-corrected chi connectivity index (χ2v) is 7.72. The molecule has 2 fully saturated rings. The molecule has 26 heavy (non-hydrogen) atoms. The predicted molar refractivity (Wildman–Crippen MR) is 104 cm³/mol. The van der Waals surface area contributed by atoms with Crippen LogP contribution >= 0.6 is 11.6 Å². The summed E-state index contributed by atoms with van der Waals surface area (Å²) in [5.41, 5.74) is 2.93. The molecule has 0 atom stereocenters. The minimum atomic E-state index is 0.00774. The fraction of sp³-hybridized carbons (Fsp3) is 0.450. The van der Waals surface area contributed by atoms with Crippen molar-refractivity contribution in [1.82, 2.24) is 9.97 Å². The van der Waals surface area contributed by atoms with Crippen LogP contribution in [0.4, 0.5) is 11.5 Å². The molecule has 1 N–H and O–H groups in total. The van der Waals surface area contributed by atoms with Crippen molar-refractivity contribution in [2.24, 2.45) is 5.92 Å². The topological polar surface area (TPSA) is 58.1 Å². The maximum atomic E-state index is 12.6. The number of aryl methyl sites for hydroxylation is 1. The second-order valence-electron chi connectivity index (χ2n) is 7.31. The molecule has 1 amide bonds. The Kier molecular flexibility index (Phi) is 4.81. The number of hydrogen-bond acceptors (Lipinski definition) is 4. The Balaban J connectivity index is 1.35. The third-order valence-corrected chi connectivity index (χ3v) is 5.55. The first kappa shape index (κ1) is 17.3. The lowest BCUT2D eigenvalue weighted by Gasteiger charge is -2.32. The summed E-state index contributed by atoms with van der Waals surface area (Å²) in [5, 5.41) is 3.57. The van der Waals surface area contributed by atoms with Crippen LogP contribution in [0.2, 0.25) is 5.02 Å². The Bertz CT molecular complexity index is 813. The zero-order chi connectivity index (χ0) is 18.1. The number of benzene rings is 1. The van der Waals surface area contributed by atoms with Gasteiger partial charge in [-0.3, -0.25) is 4.79 Å². The molecule has 1 aromatic carbocycles. The highest BCUT2D eigenvalue weighted by Gasteiger charge is 2.28. The average Bonchev–Trinajstić information content (AvgIpc) is 3.49. The third-order valence-electron chi connectivity index (χ3n) is 5.24. The molecule has 5 nitrogen and oxygen atoms in total. The molecule has 0 unspecified atom stereocenters. The molecule has 1 aliphatic heterocycles. The summed E-state index contributed by atoms with van der Waals surface area (Å²) in [5.74, 6) is 1.67. The van der Waals surface area contributed by atoms with E-state index in [4.69, 9.17) is 11.6 Å². The van der Waals surface area contributed by atoms with Gasteiger partial charge in [-0.15, -0.1) is 0 Å². The SMILES string of the molecule is Cc1ccc(NC(=O)C2CCN(c3cc(C4CC4)ncn3)CC2)c(Cl)c1. The van der Waals surface area contributed by atoms with Crippen LogP contribution in [0.5, 0.6) is 0 Å². The molecule has 0 radical (unpaired) electrons. The Hall–Kier alpha value is -2.14. The van der Waals surface area contributed by atoms with E-state index in [-0.39, 0.29) is 11.8 Å². The van der Waals surface area contributed by atoms with E-state index in [2.05, 4.69) is 26.3 Å². The van der Waals surface area contributed by atoms with Crippen LogP contribution in [0.15, 0.2) is 30.6 Å². The molecule has 1 saturated heterocycles. The van der Waals surface area contributed by atoms with Crippen LogP contribution in [-0.4, -0.2) is 29.0 Å². The summed E-state index contributed by atoms with van der Waals surface area (Å²) in [6.45, 7) is 3.65. The molecule has 0 bridgehead atoms. The van der Waals surface area contributed by atoms with Crippen molar-refractivity contribution >= 4 is 29.0 Å². The second kappa shape index (κ2) is 7.23. The minimum Gasteiger partial charge on any atom is -0.356 e. The summed E-state index contributed by atoms with van der Waals surface area (Å²) >= 11 is 6.22. The maximum Gasteiger partial charge on any atom is 0.227 e. The Morgan fingerprint density at radius 3 is 2.62 bits per heavy atom. The largest absolute Gasteiger partial charge is 0.356 e. The molecular weight excluding hydrogens is 348 g/mol. The van der Waals surface area contributed by atoms with Crippen molar-refractivity contribution in [3.8, 4) is 0 Å². The molecule has 2 aromatic rings. The normalized spacial score (nSPS) is 18.0. The van der Waals surface area contributed by atoms with Gasteiger partial charge in [-0.2, -0.15) is 0 Å². The number of amides is 1. The first-order chi connectivity index (χ1) is 12.6. The van der Waals surface area contributed by atoms with Gasteiger partial charge in [0.05, 0.1) is 10.7 Å². The van der Waals surface area contributed by atoms with Gasteiger partial charge in [-0.25, -0.2) is 9.97 Å². The number of nitrogens with zero attached hydrogens (tertiary/aromatic N) is 3. The number of piperidine rings is 1. The van der Waals surface area contributed by atoms with Crippen LogP contribution in [0.3, 0.4) is 0 Å². The summed E-state index contributed by atoms with van der Waals surface area (Å²) in [7, 11) is 0. The van der Waals surface area contributed by atoms with Crippen LogP contribution in [0.1, 0.15) is 42.9 Å². The van der Waals surface area contributed by atoms with Gasteiger partial charge in [0, 0.05) is 36.7 Å². The highest BCUT2D eigenvalue weighted by atomic mass is 35.5. The highest BCUT2D eigenvalue weighted by Crippen LogP contribution is 2.39. The maximum absolute atomic E-state index is 12.6. The van der Waals surface area contributed by atoms with Gasteiger partial charge in [0.15, 0.2) is 0 Å². The van der Waals surface area contributed by atoms with E-state index in [0.29, 0.717) is 16.6 Å². The van der Waals surface area contributed by atoms with Crippen LogP contribution in [0, 0.1) is 12.8 Å². The van der Waals surface area contributed by atoms with Gasteiger partial charge in [0.2, 0.25) is 5.91 Å². The van der Waals surface area contributed by atoms with Crippen molar-refractivity contribution in [2.75, 3.05) is 23.3 Å². The van der Waals surface area contributed by atoms with E-state index < -0.39 is 0 Å². The van der Waals surface area contributed by atoms with Gasteiger partial charge in [0.1, 0.15) is 12.1 Å². The van der Waals surface area contributed by atoms with Gasteiger partial charge in [-0.1, -0.05) is 17.7 Å². The number of anilines is 2. The van der Waals surface area contributed by atoms with Gasteiger partial charge < -0.3 is 10.2 Å². The summed E-state index contributed by atoms with van der Waals surface area (Å²) in [6, 6.07) is 7.80. The molecule has 1 aromatic heterocycles. The summed E-state index contributed by atoms with van der Waals surface area (Å²) < 4.78 is 0. The zero-order valence-corrected chi connectivity index (χ0v) is 15.7. The fourth-order valence-corrected chi connectivity index (χ4v) is 3.75. The molecule has 2 heterocycles. The first-order valence-corrected chi connectivity index (χ1v) is 9.62. The Morgan fingerprint density at radius 1 is 1.15 bits per heavy atom. The van der Waals surface area contributed by atoms with E-state index in [1.807, 2.05) is 25.1 Å². The highest BCUT2D eigenvalue weighted by molar-refractivity contribution is 6.33. The Morgan fingerprint density at radius 2 is 1.92 bits per heavy atom. The molecular formula is C20H23ClN4O. The molecule has 1 aliphatic carbocycles. The van der Waals surface area contributed by atoms with E-state index in [9.17, 15) is 4.79 Å². The smallest absolute Gasteiger partial charge is 0.227 e. The van der Waals surface area contributed by atoms with Crippen molar-refractivity contribution in [1.29, 1.82) is 0 Å². The monoisotopic (exact) mass is 370 g/mol. The zero-order valence-electron chi connectivity index (χ0n) is 14.9. The number of carbonyl (C=O) groups is 1. The standard InChI is InChI=1S/C20H23ClN4O/c1-13-2-5-17(16(21)10-13)24-20(26)15-6-8-25(9-7-15)19-11-18(14-3-4-14)22-12-23-19/h2,5,10-12,14-15H,3-4,6-9H2,1H3,(H,24,26). The quantitative estimate of drug-likeness (QED) is 0.877. The third kappa shape index (κ3) is 3.83. The summed E-state index contributed by atoms with van der Waals surface area (Å²) in [4.78, 5) is 23.7. The number of hydrogen-bond donors (Lipinski definition) is 1. The lowest BCUT2D eigenvalue weighted by atomic mass is 9.95. The number of carbonyl (C=O) groups excluding carboxylic acids is 1. The van der Waals surface area contributed by atoms with Crippen LogP contribution < -0.4 is 10.2 Å². The van der Waals surface area contributed by atoms with E-state index >= 15 is 0 Å². The average molecular weight is 371 g/mol. The van der Waals surface area contributed by atoms with Gasteiger partial charge >= 0.3 is 0 Å². The molecule has 0 spiro atoms. The number of halogens is 1. The number of aromatic nitrogens is 2. The lowest BCUT2D eigenvalue weighted by Crippen LogP contribution is -2.38. The van der Waals surface area contributed by atoms with Crippen molar-refractivity contribution < 1.29 is 4.79 Å². The van der Waals surface area contributed by atoms with E-state index in [1.165, 1.54) is 12.8 Å². The molecule has 6 heteroatoms. The van der Waals surface area contributed by atoms with Gasteiger partial charge in [0.25, 0.3) is 0 Å². The first-order valence-electron chi connectivity index (χ1n) is 9.24. The Labute approximate surface area is 158 Å². The van der Waals surface area contributed by atoms with Crippen molar-refractivity contribution in [3.05, 3.63) is 46.9 Å². The van der Waals surface area contributed by atoms with Crippen LogP contribution in [-0.2, 0) is 4.79 Å². The van der Waals surface area contributed by atoms with E-state index in [1.54, 1.807) is 6.33 Å². The molecule has 136 valence electrons. The number of nitrogens with one attached hydrogen (secondary N) is 1. The number of rotatable bonds is 4. The predicted octanol–water partition coefficient (Wildman–Crippen LogP) is 4.17. The molecule has 4 rings (SSSR count). The van der Waals surface area contributed by atoms with Crippen LogP contribution in [0.25, 0.3) is 0 Å². The van der Waals surface area contributed by atoms with Crippen molar-refractivity contribution in [3.63, 3.8) is 0 Å². The van der Waals surface area contributed by atoms with Crippen molar-refractivity contribution in [2.45, 2.75) is 38.5 Å². The molecule has 2 aliphatic rings. The summed E-state index contributed by atoms with van der Waals surface area (Å²) in [6.07, 6.45) is 5.78. The van der Waals surface area contributed by atoms with E-state index in [0.717, 1.165) is 43.0 Å². The lowest BCUT2D eigenvalue weighted by molar-refractivity contribution is -0.120.